The molecule has 0 bridgehead atoms. The van der Waals surface area contributed by atoms with E-state index < -0.39 is 0 Å². The Hall–Kier alpha value is -3.26. The molecule has 0 atom stereocenters. The molecule has 2 aromatic heterocycles. The minimum Gasteiger partial charge on any atom is -0.489 e. The third-order valence-corrected chi connectivity index (χ3v) is 4.85. The van der Waals surface area contributed by atoms with Gasteiger partial charge in [0.15, 0.2) is 0 Å². The Morgan fingerprint density at radius 1 is 1.11 bits per heavy atom. The van der Waals surface area contributed by atoms with E-state index in [0.29, 0.717) is 19.4 Å². The van der Waals surface area contributed by atoms with Crippen molar-refractivity contribution in [3.63, 3.8) is 0 Å². The normalized spacial score (nSPS) is 10.8. The first-order valence-electron chi connectivity index (χ1n) is 8.49. The number of benzene rings is 2. The summed E-state index contributed by atoms with van der Waals surface area (Å²) in [6.07, 6.45) is 2.48. The summed E-state index contributed by atoms with van der Waals surface area (Å²) >= 11 is 1.44. The second kappa shape index (κ2) is 7.96. The first-order valence-corrected chi connectivity index (χ1v) is 9.30. The summed E-state index contributed by atoms with van der Waals surface area (Å²) in [4.78, 5) is 12.9. The molecule has 4 rings (SSSR count). The molecule has 136 valence electrons. The molecule has 0 saturated carbocycles. The molecule has 7 nitrogen and oxygen atoms in total. The van der Waals surface area contributed by atoms with Gasteiger partial charge in [-0.25, -0.2) is 0 Å². The number of fused-ring (bicyclic) bond motifs is 1. The highest BCUT2D eigenvalue weighted by Crippen LogP contribution is 2.18. The maximum absolute atomic E-state index is 12.1. The van der Waals surface area contributed by atoms with Gasteiger partial charge in [0.25, 0.3) is 0 Å². The van der Waals surface area contributed by atoms with Crippen LogP contribution in [0.2, 0.25) is 0 Å². The number of amides is 1. The van der Waals surface area contributed by atoms with Crippen LogP contribution >= 0.6 is 11.3 Å². The van der Waals surface area contributed by atoms with Crippen LogP contribution in [-0.2, 0) is 17.8 Å². The predicted octanol–water partition coefficient (Wildman–Crippen LogP) is 3.34. The molecule has 27 heavy (non-hydrogen) atoms. The molecule has 8 heteroatoms. The molecule has 0 fully saturated rings. The van der Waals surface area contributed by atoms with Gasteiger partial charge in [-0.2, -0.15) is 9.61 Å². The van der Waals surface area contributed by atoms with E-state index in [-0.39, 0.29) is 5.91 Å². The van der Waals surface area contributed by atoms with Crippen molar-refractivity contribution in [2.45, 2.75) is 19.4 Å². The van der Waals surface area contributed by atoms with Crippen molar-refractivity contribution in [1.29, 1.82) is 0 Å². The highest BCUT2D eigenvalue weighted by Gasteiger charge is 2.09. The SMILES string of the molecule is O=C(CCc1nn2cnnc2s1)Nc1ccc(OCc2ccccc2)cc1. The van der Waals surface area contributed by atoms with Crippen molar-refractivity contribution in [2.24, 2.45) is 0 Å². The summed E-state index contributed by atoms with van der Waals surface area (Å²) < 4.78 is 7.36. The fourth-order valence-electron chi connectivity index (χ4n) is 2.52. The van der Waals surface area contributed by atoms with Crippen molar-refractivity contribution >= 4 is 27.9 Å². The van der Waals surface area contributed by atoms with Gasteiger partial charge in [0.2, 0.25) is 10.9 Å². The summed E-state index contributed by atoms with van der Waals surface area (Å²) in [5, 5.41) is 15.8. The number of aromatic nitrogens is 4. The maximum Gasteiger partial charge on any atom is 0.234 e. The fraction of sp³-hybridized carbons (Fsp3) is 0.158. The number of carbonyl (C=O) groups is 1. The van der Waals surface area contributed by atoms with Crippen LogP contribution in [0.1, 0.15) is 17.0 Å². The number of aryl methyl sites for hydroxylation is 1. The zero-order valence-electron chi connectivity index (χ0n) is 14.4. The number of carbonyl (C=O) groups excluding carboxylic acids is 1. The molecule has 1 N–H and O–H groups in total. The van der Waals surface area contributed by atoms with E-state index in [0.717, 1.165) is 27.0 Å². The second-order valence-electron chi connectivity index (χ2n) is 5.90. The Balaban J connectivity index is 1.26. The molecule has 0 radical (unpaired) electrons. The number of anilines is 1. The van der Waals surface area contributed by atoms with Gasteiger partial charge in [-0.15, -0.1) is 10.2 Å². The van der Waals surface area contributed by atoms with Crippen molar-refractivity contribution < 1.29 is 9.53 Å². The molecule has 1 amide bonds. The van der Waals surface area contributed by atoms with E-state index in [9.17, 15) is 4.79 Å². The van der Waals surface area contributed by atoms with E-state index in [1.807, 2.05) is 54.6 Å². The molecule has 0 unspecified atom stereocenters. The topological polar surface area (TPSA) is 81.4 Å². The van der Waals surface area contributed by atoms with Crippen molar-refractivity contribution in [1.82, 2.24) is 19.8 Å². The van der Waals surface area contributed by atoms with Gasteiger partial charge in [-0.05, 0) is 29.8 Å². The molecular weight excluding hydrogens is 362 g/mol. The van der Waals surface area contributed by atoms with Crippen LogP contribution in [0, 0.1) is 0 Å². The van der Waals surface area contributed by atoms with Crippen LogP contribution in [0.15, 0.2) is 60.9 Å². The summed E-state index contributed by atoms with van der Waals surface area (Å²) in [6.45, 7) is 0.513. The lowest BCUT2D eigenvalue weighted by molar-refractivity contribution is -0.116. The van der Waals surface area contributed by atoms with E-state index in [2.05, 4.69) is 20.6 Å². The van der Waals surface area contributed by atoms with E-state index in [1.54, 1.807) is 10.8 Å². The number of ether oxygens (including phenoxy) is 1. The third kappa shape index (κ3) is 4.48. The van der Waals surface area contributed by atoms with Crippen LogP contribution in [0.5, 0.6) is 5.75 Å². The Morgan fingerprint density at radius 2 is 1.93 bits per heavy atom. The standard InChI is InChI=1S/C19H17N5O2S/c25-17(10-11-18-23-24-13-20-22-19(24)27-18)21-15-6-8-16(9-7-15)26-12-14-4-2-1-3-5-14/h1-9,13H,10-12H2,(H,21,25). The molecule has 4 aromatic rings. The van der Waals surface area contributed by atoms with Crippen LogP contribution < -0.4 is 10.1 Å². The lowest BCUT2D eigenvalue weighted by Gasteiger charge is -2.08. The predicted molar refractivity (Wildman–Crippen MR) is 103 cm³/mol. The van der Waals surface area contributed by atoms with E-state index in [1.165, 1.54) is 11.3 Å². The molecule has 0 spiro atoms. The zero-order valence-corrected chi connectivity index (χ0v) is 15.2. The number of nitrogens with one attached hydrogen (secondary N) is 1. The first kappa shape index (κ1) is 17.2. The Morgan fingerprint density at radius 3 is 2.70 bits per heavy atom. The molecule has 0 saturated heterocycles. The molecular formula is C19H17N5O2S. The van der Waals surface area contributed by atoms with Crippen LogP contribution in [0.25, 0.3) is 4.96 Å². The third-order valence-electron chi connectivity index (χ3n) is 3.88. The summed E-state index contributed by atoms with van der Waals surface area (Å²) in [5.74, 6) is 0.704. The zero-order chi connectivity index (χ0) is 18.5. The second-order valence-corrected chi connectivity index (χ2v) is 6.94. The van der Waals surface area contributed by atoms with Gasteiger partial charge in [-0.3, -0.25) is 4.79 Å². The minimum absolute atomic E-state index is 0.0566. The monoisotopic (exact) mass is 379 g/mol. The molecule has 2 aromatic carbocycles. The largest absolute Gasteiger partial charge is 0.489 e. The Kier molecular flexibility index (Phi) is 5.06. The Labute approximate surface area is 159 Å². The van der Waals surface area contributed by atoms with Gasteiger partial charge >= 0.3 is 0 Å². The summed E-state index contributed by atoms with van der Waals surface area (Å²) in [5.41, 5.74) is 1.85. The quantitative estimate of drug-likeness (QED) is 0.533. The maximum atomic E-state index is 12.1. The number of hydrogen-bond donors (Lipinski definition) is 1. The average Bonchev–Trinajstić information content (AvgIpc) is 3.28. The van der Waals surface area contributed by atoms with Gasteiger partial charge in [0.05, 0.1) is 0 Å². The molecule has 2 heterocycles. The molecule has 0 aliphatic rings. The van der Waals surface area contributed by atoms with Crippen LogP contribution in [-0.4, -0.2) is 25.7 Å². The van der Waals surface area contributed by atoms with Gasteiger partial charge in [0.1, 0.15) is 23.7 Å². The van der Waals surface area contributed by atoms with E-state index in [4.69, 9.17) is 4.74 Å². The van der Waals surface area contributed by atoms with Gasteiger partial charge in [0, 0.05) is 18.5 Å². The van der Waals surface area contributed by atoms with Crippen molar-refractivity contribution in [3.05, 3.63) is 71.5 Å². The lowest BCUT2D eigenvalue weighted by atomic mass is 10.2. The number of hydrogen-bond acceptors (Lipinski definition) is 6. The first-order chi connectivity index (χ1) is 13.3. The van der Waals surface area contributed by atoms with Gasteiger partial charge in [-0.1, -0.05) is 41.7 Å². The smallest absolute Gasteiger partial charge is 0.234 e. The fourth-order valence-corrected chi connectivity index (χ4v) is 3.33. The van der Waals surface area contributed by atoms with Gasteiger partial charge < -0.3 is 10.1 Å². The highest BCUT2D eigenvalue weighted by molar-refractivity contribution is 7.16. The number of rotatable bonds is 7. The highest BCUT2D eigenvalue weighted by atomic mass is 32.1. The van der Waals surface area contributed by atoms with Crippen molar-refractivity contribution in [3.8, 4) is 5.75 Å². The van der Waals surface area contributed by atoms with Crippen molar-refractivity contribution in [2.75, 3.05) is 5.32 Å². The molecule has 0 aliphatic carbocycles. The van der Waals surface area contributed by atoms with Crippen LogP contribution in [0.4, 0.5) is 5.69 Å². The van der Waals surface area contributed by atoms with E-state index >= 15 is 0 Å². The average molecular weight is 379 g/mol. The summed E-state index contributed by atoms with van der Waals surface area (Å²) in [7, 11) is 0. The summed E-state index contributed by atoms with van der Waals surface area (Å²) in [6, 6.07) is 17.3. The van der Waals surface area contributed by atoms with Crippen LogP contribution in [0.3, 0.4) is 0 Å². The Bertz CT molecular complexity index is 999. The number of nitrogens with zero attached hydrogens (tertiary/aromatic N) is 4. The lowest BCUT2D eigenvalue weighted by Crippen LogP contribution is -2.12. The minimum atomic E-state index is -0.0566. The molecule has 0 aliphatic heterocycles.